The average molecular weight is 297 g/mol. The molecule has 2 rings (SSSR count). The summed E-state index contributed by atoms with van der Waals surface area (Å²) in [6, 6.07) is 6.22. The summed E-state index contributed by atoms with van der Waals surface area (Å²) < 4.78 is 1.04. The van der Waals surface area contributed by atoms with E-state index in [1.165, 1.54) is 18.4 Å². The maximum absolute atomic E-state index is 10.5. The molecule has 1 nitrogen and oxygen atoms in total. The molecule has 0 spiro atoms. The Kier molecular flexibility index (Phi) is 4.26. The number of hydrogen-bond donors (Lipinski definition) is 1. The Labute approximate surface area is 112 Å². The molecule has 1 aliphatic carbocycles. The van der Waals surface area contributed by atoms with Crippen molar-refractivity contribution in [1.29, 1.82) is 0 Å². The van der Waals surface area contributed by atoms with Gasteiger partial charge >= 0.3 is 0 Å². The molecular weight excluding hydrogens is 276 g/mol. The van der Waals surface area contributed by atoms with E-state index in [0.717, 1.165) is 28.8 Å². The number of rotatable bonds is 2. The van der Waals surface area contributed by atoms with Crippen LogP contribution in [0.1, 0.15) is 49.8 Å². The standard InChI is InChI=1S/C15H21BrO/c1-10-4-3-5-12(8-10)15(17)13-9-11(2)6-7-14(13)16/h6-7,9-10,12,15,17H,3-5,8H2,1-2H3. The third kappa shape index (κ3) is 3.11. The second-order valence-corrected chi connectivity index (χ2v) is 6.36. The predicted octanol–water partition coefficient (Wildman–Crippen LogP) is 4.62. The van der Waals surface area contributed by atoms with E-state index in [-0.39, 0.29) is 6.10 Å². The van der Waals surface area contributed by atoms with Gasteiger partial charge in [0, 0.05) is 4.47 Å². The van der Waals surface area contributed by atoms with Crippen molar-refractivity contribution in [2.24, 2.45) is 11.8 Å². The molecule has 3 unspecified atom stereocenters. The van der Waals surface area contributed by atoms with Gasteiger partial charge in [0.25, 0.3) is 0 Å². The van der Waals surface area contributed by atoms with E-state index < -0.39 is 0 Å². The summed E-state index contributed by atoms with van der Waals surface area (Å²) in [5.41, 5.74) is 2.27. The van der Waals surface area contributed by atoms with E-state index in [4.69, 9.17) is 0 Å². The molecule has 0 aliphatic heterocycles. The topological polar surface area (TPSA) is 20.2 Å². The van der Waals surface area contributed by atoms with E-state index in [9.17, 15) is 5.11 Å². The van der Waals surface area contributed by atoms with Crippen molar-refractivity contribution in [3.63, 3.8) is 0 Å². The highest BCUT2D eigenvalue weighted by molar-refractivity contribution is 9.10. The molecule has 1 aromatic rings. The monoisotopic (exact) mass is 296 g/mol. The minimum Gasteiger partial charge on any atom is -0.388 e. The van der Waals surface area contributed by atoms with Crippen molar-refractivity contribution in [3.05, 3.63) is 33.8 Å². The quantitative estimate of drug-likeness (QED) is 0.844. The number of aliphatic hydroxyl groups excluding tert-OH is 1. The zero-order valence-electron chi connectivity index (χ0n) is 10.6. The highest BCUT2D eigenvalue weighted by atomic mass is 79.9. The van der Waals surface area contributed by atoms with Gasteiger partial charge in [-0.25, -0.2) is 0 Å². The van der Waals surface area contributed by atoms with E-state index in [0.29, 0.717) is 5.92 Å². The summed E-state index contributed by atoms with van der Waals surface area (Å²) in [7, 11) is 0. The van der Waals surface area contributed by atoms with E-state index in [1.54, 1.807) is 0 Å². The summed E-state index contributed by atoms with van der Waals surface area (Å²) in [4.78, 5) is 0. The highest BCUT2D eigenvalue weighted by Gasteiger charge is 2.27. The maximum atomic E-state index is 10.5. The second-order valence-electron chi connectivity index (χ2n) is 5.50. The van der Waals surface area contributed by atoms with Gasteiger partial charge in [0.2, 0.25) is 0 Å². The maximum Gasteiger partial charge on any atom is 0.0829 e. The Balaban J connectivity index is 2.18. The number of halogens is 1. The summed E-state index contributed by atoms with van der Waals surface area (Å²) in [6.45, 7) is 4.37. The van der Waals surface area contributed by atoms with Crippen LogP contribution in [0.5, 0.6) is 0 Å². The summed E-state index contributed by atoms with van der Waals surface area (Å²) in [6.07, 6.45) is 4.57. The van der Waals surface area contributed by atoms with Gasteiger partial charge in [-0.05, 0) is 43.2 Å². The molecule has 2 heteroatoms. The lowest BCUT2D eigenvalue weighted by Crippen LogP contribution is -2.20. The molecule has 1 aromatic carbocycles. The Morgan fingerprint density at radius 3 is 2.82 bits per heavy atom. The molecule has 1 N–H and O–H groups in total. The smallest absolute Gasteiger partial charge is 0.0829 e. The molecule has 0 amide bonds. The van der Waals surface area contributed by atoms with Crippen molar-refractivity contribution in [2.75, 3.05) is 0 Å². The molecular formula is C15H21BrO. The molecule has 0 radical (unpaired) electrons. The van der Waals surface area contributed by atoms with E-state index in [1.807, 2.05) is 6.07 Å². The van der Waals surface area contributed by atoms with Crippen molar-refractivity contribution < 1.29 is 5.11 Å². The molecule has 1 aliphatic rings. The molecule has 1 fully saturated rings. The van der Waals surface area contributed by atoms with Crippen molar-refractivity contribution >= 4 is 15.9 Å². The van der Waals surface area contributed by atoms with Crippen molar-refractivity contribution in [2.45, 2.75) is 45.6 Å². The lowest BCUT2D eigenvalue weighted by atomic mass is 9.78. The molecule has 17 heavy (non-hydrogen) atoms. The second kappa shape index (κ2) is 5.53. The van der Waals surface area contributed by atoms with Crippen LogP contribution in [0.25, 0.3) is 0 Å². The number of aliphatic hydroxyl groups is 1. The van der Waals surface area contributed by atoms with Gasteiger partial charge in [0.1, 0.15) is 0 Å². The van der Waals surface area contributed by atoms with Crippen LogP contribution in [0.3, 0.4) is 0 Å². The van der Waals surface area contributed by atoms with Crippen molar-refractivity contribution in [3.8, 4) is 0 Å². The lowest BCUT2D eigenvalue weighted by molar-refractivity contribution is 0.0708. The molecule has 0 heterocycles. The largest absolute Gasteiger partial charge is 0.388 e. The van der Waals surface area contributed by atoms with Crippen LogP contribution >= 0.6 is 15.9 Å². The Bertz CT molecular complexity index is 389. The van der Waals surface area contributed by atoms with Gasteiger partial charge in [0.05, 0.1) is 6.10 Å². The first kappa shape index (κ1) is 13.1. The fourth-order valence-electron chi connectivity index (χ4n) is 2.91. The van der Waals surface area contributed by atoms with Crippen LogP contribution in [0.4, 0.5) is 0 Å². The Morgan fingerprint density at radius 2 is 2.12 bits per heavy atom. The predicted molar refractivity (Wildman–Crippen MR) is 75.0 cm³/mol. The van der Waals surface area contributed by atoms with Gasteiger partial charge in [-0.15, -0.1) is 0 Å². The van der Waals surface area contributed by atoms with Crippen LogP contribution in [0.15, 0.2) is 22.7 Å². The average Bonchev–Trinajstić information content (AvgIpc) is 2.31. The minimum absolute atomic E-state index is 0.313. The Morgan fingerprint density at radius 1 is 1.35 bits per heavy atom. The van der Waals surface area contributed by atoms with Gasteiger partial charge in [-0.2, -0.15) is 0 Å². The lowest BCUT2D eigenvalue weighted by Gasteiger charge is -2.31. The third-order valence-electron chi connectivity index (χ3n) is 3.89. The molecule has 0 aromatic heterocycles. The summed E-state index contributed by atoms with van der Waals surface area (Å²) in [5.74, 6) is 1.18. The number of hydrogen-bond acceptors (Lipinski definition) is 1. The first-order valence-electron chi connectivity index (χ1n) is 6.52. The van der Waals surface area contributed by atoms with Crippen molar-refractivity contribution in [1.82, 2.24) is 0 Å². The van der Waals surface area contributed by atoms with E-state index in [2.05, 4.69) is 41.9 Å². The molecule has 1 saturated carbocycles. The zero-order valence-corrected chi connectivity index (χ0v) is 12.2. The molecule has 0 bridgehead atoms. The molecule has 3 atom stereocenters. The van der Waals surface area contributed by atoms with Crippen LogP contribution < -0.4 is 0 Å². The highest BCUT2D eigenvalue weighted by Crippen LogP contribution is 2.39. The molecule has 94 valence electrons. The normalized spacial score (nSPS) is 26.8. The summed E-state index contributed by atoms with van der Waals surface area (Å²) in [5, 5.41) is 10.5. The fourth-order valence-corrected chi connectivity index (χ4v) is 3.39. The van der Waals surface area contributed by atoms with Gasteiger partial charge < -0.3 is 5.11 Å². The Hall–Kier alpha value is -0.340. The van der Waals surface area contributed by atoms with Crippen LogP contribution in [0.2, 0.25) is 0 Å². The fraction of sp³-hybridized carbons (Fsp3) is 0.600. The minimum atomic E-state index is -0.313. The number of benzene rings is 1. The van der Waals surface area contributed by atoms with Gasteiger partial charge in [-0.3, -0.25) is 0 Å². The first-order valence-corrected chi connectivity index (χ1v) is 7.31. The molecule has 0 saturated heterocycles. The van der Waals surface area contributed by atoms with Gasteiger partial charge in [-0.1, -0.05) is 53.4 Å². The van der Waals surface area contributed by atoms with Crippen LogP contribution in [-0.2, 0) is 0 Å². The first-order chi connectivity index (χ1) is 8.08. The SMILES string of the molecule is Cc1ccc(Br)c(C(O)C2CCCC(C)C2)c1. The summed E-state index contributed by atoms with van der Waals surface area (Å²) >= 11 is 3.55. The zero-order chi connectivity index (χ0) is 12.4. The third-order valence-corrected chi connectivity index (χ3v) is 4.62. The van der Waals surface area contributed by atoms with Crippen LogP contribution in [-0.4, -0.2) is 5.11 Å². The van der Waals surface area contributed by atoms with Gasteiger partial charge in [0.15, 0.2) is 0 Å². The van der Waals surface area contributed by atoms with E-state index >= 15 is 0 Å². The van der Waals surface area contributed by atoms with Crippen LogP contribution in [0, 0.1) is 18.8 Å². The number of aryl methyl sites for hydroxylation is 1.